The van der Waals surface area contributed by atoms with Gasteiger partial charge in [0.1, 0.15) is 4.70 Å². The van der Waals surface area contributed by atoms with Crippen molar-refractivity contribution in [2.75, 3.05) is 17.2 Å². The fourth-order valence-electron chi connectivity index (χ4n) is 4.64. The van der Waals surface area contributed by atoms with Crippen LogP contribution in [0.4, 0.5) is 17.6 Å². The van der Waals surface area contributed by atoms with Gasteiger partial charge in [0.25, 0.3) is 0 Å². The molecule has 5 rings (SSSR count). The molecular weight excluding hydrogens is 386 g/mol. The zero-order valence-corrected chi connectivity index (χ0v) is 17.0. The molecule has 2 bridgehead atoms. The van der Waals surface area contributed by atoms with E-state index in [1.54, 1.807) is 16.8 Å². The third kappa shape index (κ3) is 3.63. The maximum atomic E-state index is 8.93. The van der Waals surface area contributed by atoms with Crippen LogP contribution >= 0.6 is 11.3 Å². The molecule has 150 valence electrons. The van der Waals surface area contributed by atoms with Gasteiger partial charge in [-0.2, -0.15) is 20.3 Å². The second-order valence-corrected chi connectivity index (χ2v) is 8.66. The molecule has 3 N–H and O–H groups in total. The van der Waals surface area contributed by atoms with Crippen molar-refractivity contribution in [3.05, 3.63) is 17.3 Å². The van der Waals surface area contributed by atoms with Gasteiger partial charge in [-0.3, -0.25) is 10.00 Å². The number of thiazole rings is 1. The van der Waals surface area contributed by atoms with Crippen molar-refractivity contribution in [2.45, 2.75) is 57.2 Å². The molecule has 3 aromatic rings. The molecule has 0 spiro atoms. The summed E-state index contributed by atoms with van der Waals surface area (Å²) in [6.07, 6.45) is 5.21. The third-order valence-corrected chi connectivity index (χ3v) is 6.67. The van der Waals surface area contributed by atoms with E-state index in [9.17, 15) is 0 Å². The van der Waals surface area contributed by atoms with E-state index in [2.05, 4.69) is 41.8 Å². The zero-order valence-electron chi connectivity index (χ0n) is 16.2. The Balaban J connectivity index is 1.35. The Hall–Kier alpha value is -2.77. The van der Waals surface area contributed by atoms with E-state index in [4.69, 9.17) is 10.2 Å². The monoisotopic (exact) mass is 409 g/mol. The summed E-state index contributed by atoms with van der Waals surface area (Å²) in [7, 11) is 0. The molecule has 0 aromatic carbocycles. The van der Waals surface area contributed by atoms with Crippen LogP contribution in [0.2, 0.25) is 0 Å². The first-order valence-electron chi connectivity index (χ1n) is 9.99. The van der Waals surface area contributed by atoms with Crippen LogP contribution in [0, 0.1) is 18.3 Å². The smallest absolute Gasteiger partial charge is 0.232 e. The number of piperidine rings is 1. The lowest BCUT2D eigenvalue weighted by Gasteiger charge is -2.39. The Morgan fingerprint density at radius 3 is 2.86 bits per heavy atom. The predicted octanol–water partition coefficient (Wildman–Crippen LogP) is 3.18. The van der Waals surface area contributed by atoms with Crippen molar-refractivity contribution in [3.63, 3.8) is 0 Å². The average Bonchev–Trinajstić information content (AvgIpc) is 3.39. The van der Waals surface area contributed by atoms with Gasteiger partial charge in [0.15, 0.2) is 17.3 Å². The molecule has 2 aliphatic heterocycles. The van der Waals surface area contributed by atoms with Crippen LogP contribution in [-0.4, -0.2) is 54.7 Å². The number of aryl methyl sites for hydroxylation is 1. The minimum absolute atomic E-state index is 0.367. The highest BCUT2D eigenvalue weighted by molar-refractivity contribution is 7.17. The molecule has 5 heterocycles. The molecule has 29 heavy (non-hydrogen) atoms. The predicted molar refractivity (Wildman–Crippen MR) is 112 cm³/mol. The summed E-state index contributed by atoms with van der Waals surface area (Å²) in [5, 5.41) is 22.9. The highest BCUT2D eigenvalue weighted by Crippen LogP contribution is 2.37. The summed E-state index contributed by atoms with van der Waals surface area (Å²) in [4.78, 5) is 16.2. The SMILES string of the molecule is Cc1cc(Nc2nc(N[C@@H]3C[C@H]4CC[C@@H](C3)N4CCC#N)c3scnc3n2)n[nH]1. The first-order valence-corrected chi connectivity index (χ1v) is 10.9. The van der Waals surface area contributed by atoms with Gasteiger partial charge < -0.3 is 10.6 Å². The standard InChI is InChI=1S/C19H23N9S/c1-11-7-15(27-26-11)23-19-24-17-16(29-10-21-17)18(25-19)22-12-8-13-3-4-14(9-12)28(13)6-2-5-20/h7,10,12-14H,2-4,6,8-9H2,1H3,(H3,22,23,24,25,26,27)/t12-,13-,14+. The summed E-state index contributed by atoms with van der Waals surface area (Å²) >= 11 is 1.56. The van der Waals surface area contributed by atoms with E-state index in [1.807, 2.05) is 13.0 Å². The Morgan fingerprint density at radius 2 is 2.14 bits per heavy atom. The number of nitriles is 1. The van der Waals surface area contributed by atoms with Gasteiger partial charge in [-0.05, 0) is 32.6 Å². The van der Waals surface area contributed by atoms with Crippen LogP contribution in [0.5, 0.6) is 0 Å². The Morgan fingerprint density at radius 1 is 1.31 bits per heavy atom. The van der Waals surface area contributed by atoms with E-state index < -0.39 is 0 Å². The fourth-order valence-corrected chi connectivity index (χ4v) is 5.32. The second-order valence-electron chi connectivity index (χ2n) is 7.81. The summed E-state index contributed by atoms with van der Waals surface area (Å²) in [5.41, 5.74) is 3.47. The molecule has 3 atom stereocenters. The summed E-state index contributed by atoms with van der Waals surface area (Å²) in [6, 6.07) is 5.68. The van der Waals surface area contributed by atoms with Crippen molar-refractivity contribution < 1.29 is 0 Å². The van der Waals surface area contributed by atoms with Crippen LogP contribution in [0.25, 0.3) is 10.3 Å². The van der Waals surface area contributed by atoms with Crippen molar-refractivity contribution in [1.29, 1.82) is 5.26 Å². The molecule has 0 aliphatic carbocycles. The average molecular weight is 410 g/mol. The molecule has 2 saturated heterocycles. The fraction of sp³-hybridized carbons (Fsp3) is 0.526. The first kappa shape index (κ1) is 18.3. The molecule has 2 aliphatic rings. The molecule has 0 saturated carbocycles. The summed E-state index contributed by atoms with van der Waals surface area (Å²) in [5.74, 6) is 2.01. The number of aromatic amines is 1. The van der Waals surface area contributed by atoms with Crippen LogP contribution in [0.3, 0.4) is 0 Å². The molecular formula is C19H23N9S. The lowest BCUT2D eigenvalue weighted by Crippen LogP contribution is -2.47. The number of anilines is 3. The van der Waals surface area contributed by atoms with E-state index in [0.29, 0.717) is 42.0 Å². The van der Waals surface area contributed by atoms with Crippen LogP contribution < -0.4 is 10.6 Å². The Kier molecular flexibility index (Phi) is 4.77. The van der Waals surface area contributed by atoms with Gasteiger partial charge in [0.2, 0.25) is 5.95 Å². The van der Waals surface area contributed by atoms with Crippen LogP contribution in [0.15, 0.2) is 11.6 Å². The molecule has 2 fully saturated rings. The Labute approximate surface area is 172 Å². The van der Waals surface area contributed by atoms with Gasteiger partial charge in [-0.1, -0.05) is 0 Å². The molecule has 0 amide bonds. The summed E-state index contributed by atoms with van der Waals surface area (Å²) in [6.45, 7) is 2.84. The van der Waals surface area contributed by atoms with Gasteiger partial charge in [-0.25, -0.2) is 4.98 Å². The maximum Gasteiger partial charge on any atom is 0.232 e. The van der Waals surface area contributed by atoms with E-state index in [-0.39, 0.29) is 0 Å². The van der Waals surface area contributed by atoms with Crippen LogP contribution in [0.1, 0.15) is 37.8 Å². The highest BCUT2D eigenvalue weighted by Gasteiger charge is 2.40. The molecule has 3 aromatic heterocycles. The minimum Gasteiger partial charge on any atom is -0.366 e. The van der Waals surface area contributed by atoms with Gasteiger partial charge in [-0.15, -0.1) is 11.3 Å². The molecule has 9 nitrogen and oxygen atoms in total. The molecule has 10 heteroatoms. The van der Waals surface area contributed by atoms with Crippen molar-refractivity contribution in [1.82, 2.24) is 30.0 Å². The number of hydrogen-bond donors (Lipinski definition) is 3. The van der Waals surface area contributed by atoms with Crippen LogP contribution in [-0.2, 0) is 0 Å². The molecule has 0 unspecified atom stereocenters. The lowest BCUT2D eigenvalue weighted by molar-refractivity contribution is 0.136. The highest BCUT2D eigenvalue weighted by atomic mass is 32.1. The molecule has 0 radical (unpaired) electrons. The number of hydrogen-bond acceptors (Lipinski definition) is 9. The number of H-pyrrole nitrogens is 1. The lowest BCUT2D eigenvalue weighted by atomic mass is 9.97. The summed E-state index contributed by atoms with van der Waals surface area (Å²) < 4.78 is 0.980. The number of nitrogens with one attached hydrogen (secondary N) is 3. The van der Waals surface area contributed by atoms with Gasteiger partial charge in [0.05, 0.1) is 11.6 Å². The van der Waals surface area contributed by atoms with Crippen molar-refractivity contribution >= 4 is 39.3 Å². The maximum absolute atomic E-state index is 8.93. The quantitative estimate of drug-likeness (QED) is 0.568. The van der Waals surface area contributed by atoms with E-state index in [0.717, 1.165) is 35.6 Å². The largest absolute Gasteiger partial charge is 0.366 e. The minimum atomic E-state index is 0.367. The van der Waals surface area contributed by atoms with E-state index in [1.165, 1.54) is 12.8 Å². The number of rotatable bonds is 6. The van der Waals surface area contributed by atoms with Gasteiger partial charge in [0, 0.05) is 42.9 Å². The topological polar surface area (TPSA) is 118 Å². The normalized spacial score (nSPS) is 23.9. The second kappa shape index (κ2) is 7.57. The Bertz CT molecular complexity index is 1040. The van der Waals surface area contributed by atoms with Gasteiger partial charge >= 0.3 is 0 Å². The third-order valence-electron chi connectivity index (χ3n) is 5.85. The van der Waals surface area contributed by atoms with E-state index >= 15 is 0 Å². The first-order chi connectivity index (χ1) is 14.2. The van der Waals surface area contributed by atoms with Crippen molar-refractivity contribution in [2.24, 2.45) is 0 Å². The zero-order chi connectivity index (χ0) is 19.8. The number of aromatic nitrogens is 5. The number of nitrogens with zero attached hydrogens (tertiary/aromatic N) is 6. The van der Waals surface area contributed by atoms with Crippen molar-refractivity contribution in [3.8, 4) is 6.07 Å². The number of fused-ring (bicyclic) bond motifs is 3.